The molecule has 1 aliphatic heterocycles. The second-order valence-corrected chi connectivity index (χ2v) is 6.42. The van der Waals surface area contributed by atoms with E-state index in [-0.39, 0.29) is 6.04 Å². The summed E-state index contributed by atoms with van der Waals surface area (Å²) in [5.41, 5.74) is -1.30. The summed E-state index contributed by atoms with van der Waals surface area (Å²) in [4.78, 5) is 25.0. The van der Waals surface area contributed by atoms with Crippen LogP contribution in [0.25, 0.3) is 0 Å². The van der Waals surface area contributed by atoms with Crippen LogP contribution < -0.4 is 0 Å². The zero-order chi connectivity index (χ0) is 16.3. The van der Waals surface area contributed by atoms with E-state index in [1.807, 2.05) is 34.6 Å². The highest BCUT2D eigenvalue weighted by Gasteiger charge is 2.45. The quantitative estimate of drug-likeness (QED) is 0.591. The minimum Gasteiger partial charge on any atom is -0.466 e. The molecule has 0 aliphatic carbocycles. The first-order valence-corrected chi connectivity index (χ1v) is 6.97. The van der Waals surface area contributed by atoms with Crippen LogP contribution in [0.15, 0.2) is 12.2 Å². The van der Waals surface area contributed by atoms with Gasteiger partial charge >= 0.3 is 12.1 Å². The highest BCUT2D eigenvalue weighted by atomic mass is 16.6. The van der Waals surface area contributed by atoms with Gasteiger partial charge in [-0.05, 0) is 41.0 Å². The van der Waals surface area contributed by atoms with Gasteiger partial charge in [0.15, 0.2) is 0 Å². The van der Waals surface area contributed by atoms with E-state index in [0.717, 1.165) is 0 Å². The summed E-state index contributed by atoms with van der Waals surface area (Å²) in [5, 5.41) is 0. The maximum absolute atomic E-state index is 12.3. The van der Waals surface area contributed by atoms with Gasteiger partial charge in [-0.15, -0.1) is 0 Å². The standard InChI is InChI=1S/C15H25NO5/c1-14(2,3)21-13(18)16-11(10-20-15(16,4)5)8-7-9-12(17)19-6/h7,9,11H,8,10H2,1-6H3/b9-7-/t11-/m1/s1. The van der Waals surface area contributed by atoms with Crippen LogP contribution in [0.5, 0.6) is 0 Å². The normalized spacial score (nSPS) is 21.6. The maximum Gasteiger partial charge on any atom is 0.412 e. The Morgan fingerprint density at radius 3 is 2.52 bits per heavy atom. The number of hydrogen-bond acceptors (Lipinski definition) is 5. The van der Waals surface area contributed by atoms with Gasteiger partial charge < -0.3 is 14.2 Å². The summed E-state index contributed by atoms with van der Waals surface area (Å²) in [7, 11) is 1.32. The summed E-state index contributed by atoms with van der Waals surface area (Å²) in [5.74, 6) is -0.419. The predicted molar refractivity (Wildman–Crippen MR) is 77.7 cm³/mol. The number of methoxy groups -OCH3 is 1. The third-order valence-electron chi connectivity index (χ3n) is 3.03. The molecule has 0 radical (unpaired) electrons. The second kappa shape index (κ2) is 6.47. The van der Waals surface area contributed by atoms with E-state index < -0.39 is 23.4 Å². The maximum atomic E-state index is 12.3. The topological polar surface area (TPSA) is 65.1 Å². The molecule has 6 nitrogen and oxygen atoms in total. The molecule has 1 heterocycles. The SMILES string of the molecule is COC(=O)/C=C\C[C@@H]1COC(C)(C)N1C(=O)OC(C)(C)C. The van der Waals surface area contributed by atoms with Gasteiger partial charge in [0.05, 0.1) is 19.8 Å². The molecule has 0 aromatic rings. The highest BCUT2D eigenvalue weighted by molar-refractivity contribution is 5.81. The van der Waals surface area contributed by atoms with Crippen LogP contribution in [0.1, 0.15) is 41.0 Å². The molecule has 1 fully saturated rings. The van der Waals surface area contributed by atoms with Crippen LogP contribution in [-0.2, 0) is 19.0 Å². The Kier molecular flexibility index (Phi) is 5.39. The van der Waals surface area contributed by atoms with E-state index >= 15 is 0 Å². The Morgan fingerprint density at radius 1 is 1.38 bits per heavy atom. The lowest BCUT2D eigenvalue weighted by Gasteiger charge is -2.34. The van der Waals surface area contributed by atoms with E-state index in [1.165, 1.54) is 13.2 Å². The van der Waals surface area contributed by atoms with Crippen molar-refractivity contribution in [2.45, 2.75) is 58.4 Å². The van der Waals surface area contributed by atoms with Crippen molar-refractivity contribution in [1.82, 2.24) is 4.90 Å². The lowest BCUT2D eigenvalue weighted by Crippen LogP contribution is -2.49. The van der Waals surface area contributed by atoms with Crippen LogP contribution in [0, 0.1) is 0 Å². The summed E-state index contributed by atoms with van der Waals surface area (Å²) in [6.45, 7) is 9.50. The molecule has 1 atom stereocenters. The molecular formula is C15H25NO5. The van der Waals surface area contributed by atoms with E-state index in [2.05, 4.69) is 4.74 Å². The Bertz CT molecular complexity index is 422. The predicted octanol–water partition coefficient (Wildman–Crippen LogP) is 2.48. The van der Waals surface area contributed by atoms with Crippen LogP contribution in [0.4, 0.5) is 4.79 Å². The molecule has 0 bridgehead atoms. The first-order valence-electron chi connectivity index (χ1n) is 6.97. The van der Waals surface area contributed by atoms with Crippen LogP contribution >= 0.6 is 0 Å². The van der Waals surface area contributed by atoms with E-state index in [1.54, 1.807) is 11.0 Å². The lowest BCUT2D eigenvalue weighted by molar-refractivity contribution is -0.134. The number of ether oxygens (including phenoxy) is 3. The fraction of sp³-hybridized carbons (Fsp3) is 0.733. The largest absolute Gasteiger partial charge is 0.466 e. The number of hydrogen-bond donors (Lipinski definition) is 0. The molecule has 120 valence electrons. The molecule has 1 amide bonds. The van der Waals surface area contributed by atoms with Gasteiger partial charge in [-0.1, -0.05) is 6.08 Å². The lowest BCUT2D eigenvalue weighted by atomic mass is 10.1. The molecule has 1 rings (SSSR count). The molecule has 0 aromatic heterocycles. The van der Waals surface area contributed by atoms with Crippen molar-refractivity contribution in [3.63, 3.8) is 0 Å². The molecule has 0 aromatic carbocycles. The Labute approximate surface area is 126 Å². The van der Waals surface area contributed by atoms with Crippen LogP contribution in [0.2, 0.25) is 0 Å². The Morgan fingerprint density at radius 2 is 2.00 bits per heavy atom. The fourth-order valence-corrected chi connectivity index (χ4v) is 2.13. The number of carbonyl (C=O) groups is 2. The average molecular weight is 299 g/mol. The molecule has 1 aliphatic rings. The van der Waals surface area contributed by atoms with Crippen molar-refractivity contribution in [2.24, 2.45) is 0 Å². The minimum atomic E-state index is -0.730. The van der Waals surface area contributed by atoms with Gasteiger partial charge in [0.25, 0.3) is 0 Å². The average Bonchev–Trinajstić information content (AvgIpc) is 2.62. The number of nitrogens with zero attached hydrogens (tertiary/aromatic N) is 1. The summed E-state index contributed by atoms with van der Waals surface area (Å²) in [6, 6.07) is -0.171. The molecule has 21 heavy (non-hydrogen) atoms. The van der Waals surface area contributed by atoms with Crippen LogP contribution in [0.3, 0.4) is 0 Å². The third-order valence-corrected chi connectivity index (χ3v) is 3.03. The molecule has 0 spiro atoms. The van der Waals surface area contributed by atoms with Crippen molar-refractivity contribution >= 4 is 12.1 Å². The van der Waals surface area contributed by atoms with Crippen molar-refractivity contribution in [3.05, 3.63) is 12.2 Å². The van der Waals surface area contributed by atoms with Gasteiger partial charge in [0, 0.05) is 6.08 Å². The Balaban J connectivity index is 2.77. The third kappa shape index (κ3) is 5.04. The summed E-state index contributed by atoms with van der Waals surface area (Å²) < 4.78 is 15.6. The molecule has 6 heteroatoms. The number of amides is 1. The van der Waals surface area contributed by atoms with Crippen molar-refractivity contribution < 1.29 is 23.8 Å². The van der Waals surface area contributed by atoms with Crippen molar-refractivity contribution in [2.75, 3.05) is 13.7 Å². The first-order chi connectivity index (χ1) is 9.57. The summed E-state index contributed by atoms with van der Waals surface area (Å²) in [6.07, 6.45) is 3.11. The van der Waals surface area contributed by atoms with Gasteiger partial charge in [-0.25, -0.2) is 9.59 Å². The number of carbonyl (C=O) groups excluding carboxylic acids is 2. The molecular weight excluding hydrogens is 274 g/mol. The molecule has 0 N–H and O–H groups in total. The fourth-order valence-electron chi connectivity index (χ4n) is 2.13. The van der Waals surface area contributed by atoms with E-state index in [4.69, 9.17) is 9.47 Å². The number of esters is 1. The Hall–Kier alpha value is -1.56. The highest BCUT2D eigenvalue weighted by Crippen LogP contribution is 2.30. The van der Waals surface area contributed by atoms with Crippen molar-refractivity contribution in [3.8, 4) is 0 Å². The van der Waals surface area contributed by atoms with Gasteiger partial charge in [-0.3, -0.25) is 4.90 Å². The first kappa shape index (κ1) is 17.5. The van der Waals surface area contributed by atoms with Crippen molar-refractivity contribution in [1.29, 1.82) is 0 Å². The van der Waals surface area contributed by atoms with Gasteiger partial charge in [0.1, 0.15) is 11.3 Å². The van der Waals surface area contributed by atoms with Gasteiger partial charge in [0.2, 0.25) is 0 Å². The van der Waals surface area contributed by atoms with Gasteiger partial charge in [-0.2, -0.15) is 0 Å². The monoisotopic (exact) mass is 299 g/mol. The number of rotatable bonds is 3. The van der Waals surface area contributed by atoms with E-state index in [9.17, 15) is 9.59 Å². The minimum absolute atomic E-state index is 0.171. The smallest absolute Gasteiger partial charge is 0.412 e. The van der Waals surface area contributed by atoms with Crippen LogP contribution in [-0.4, -0.2) is 48.0 Å². The van der Waals surface area contributed by atoms with E-state index in [0.29, 0.717) is 13.0 Å². The second-order valence-electron chi connectivity index (χ2n) is 6.42. The zero-order valence-electron chi connectivity index (χ0n) is 13.6. The summed E-state index contributed by atoms with van der Waals surface area (Å²) >= 11 is 0. The molecule has 0 unspecified atom stereocenters. The molecule has 1 saturated heterocycles. The zero-order valence-corrected chi connectivity index (χ0v) is 13.6. The molecule has 0 saturated carbocycles.